The maximum atomic E-state index is 5.81. The number of hydrogen-bond donors (Lipinski definition) is 0. The smallest absolute Gasteiger partial charge is 0.119 e. The quantitative estimate of drug-likeness (QED) is 0.819. The molecule has 2 aromatic rings. The molecule has 1 saturated heterocycles. The lowest BCUT2D eigenvalue weighted by molar-refractivity contribution is 0.238. The lowest BCUT2D eigenvalue weighted by atomic mass is 10.1. The van der Waals surface area contributed by atoms with Gasteiger partial charge in [0.2, 0.25) is 0 Å². The van der Waals surface area contributed by atoms with Gasteiger partial charge in [-0.2, -0.15) is 0 Å². The summed E-state index contributed by atoms with van der Waals surface area (Å²) in [6.45, 7) is 4.27. The van der Waals surface area contributed by atoms with Gasteiger partial charge >= 0.3 is 0 Å². The van der Waals surface area contributed by atoms with Crippen molar-refractivity contribution in [3.05, 3.63) is 54.6 Å². The van der Waals surface area contributed by atoms with E-state index in [0.29, 0.717) is 0 Å². The molecule has 20 heavy (non-hydrogen) atoms. The molecule has 1 radical (unpaired) electrons. The van der Waals surface area contributed by atoms with E-state index in [1.54, 1.807) is 0 Å². The van der Waals surface area contributed by atoms with Gasteiger partial charge in [0.1, 0.15) is 12.4 Å². The van der Waals surface area contributed by atoms with Crippen LogP contribution in [-0.4, -0.2) is 31.1 Å². The Hall–Kier alpha value is -1.80. The third kappa shape index (κ3) is 3.40. The van der Waals surface area contributed by atoms with Crippen molar-refractivity contribution in [1.82, 2.24) is 4.90 Å². The number of ether oxygens (including phenoxy) is 1. The van der Waals surface area contributed by atoms with Crippen LogP contribution in [0.4, 0.5) is 0 Å². The van der Waals surface area contributed by atoms with Gasteiger partial charge in [0.15, 0.2) is 0 Å². The molecule has 0 saturated carbocycles. The normalized spacial score (nSPS) is 15.4. The lowest BCUT2D eigenvalue weighted by Gasteiger charge is -2.15. The van der Waals surface area contributed by atoms with Crippen molar-refractivity contribution in [2.24, 2.45) is 0 Å². The number of likely N-dealkylation sites (tertiary alicyclic amines) is 1. The second kappa shape index (κ2) is 6.58. The van der Waals surface area contributed by atoms with E-state index in [1.165, 1.54) is 37.1 Å². The summed E-state index contributed by atoms with van der Waals surface area (Å²) < 4.78 is 5.81. The molecule has 0 aliphatic carbocycles. The Bertz CT molecular complexity index is 515. The van der Waals surface area contributed by atoms with Gasteiger partial charge in [0.25, 0.3) is 0 Å². The molecule has 0 amide bonds. The average Bonchev–Trinajstić information content (AvgIpc) is 3.02. The molecule has 1 heterocycles. The summed E-state index contributed by atoms with van der Waals surface area (Å²) in [7, 11) is 0. The SMILES string of the molecule is [c]1cccc(-c2ccc(OCCN3CCCC3)cc2)c1. The summed E-state index contributed by atoms with van der Waals surface area (Å²) in [4.78, 5) is 2.47. The zero-order valence-corrected chi connectivity index (χ0v) is 11.7. The molecule has 2 nitrogen and oxygen atoms in total. The molecular formula is C18H20NO. The summed E-state index contributed by atoms with van der Waals surface area (Å²) in [5.41, 5.74) is 2.39. The summed E-state index contributed by atoms with van der Waals surface area (Å²) in [6.07, 6.45) is 2.67. The molecule has 0 atom stereocenters. The third-order valence-corrected chi connectivity index (χ3v) is 3.77. The minimum absolute atomic E-state index is 0.776. The van der Waals surface area contributed by atoms with Crippen molar-refractivity contribution in [2.45, 2.75) is 12.8 Å². The second-order valence-corrected chi connectivity index (χ2v) is 5.21. The molecule has 3 rings (SSSR count). The molecule has 0 bridgehead atoms. The zero-order valence-electron chi connectivity index (χ0n) is 11.7. The van der Waals surface area contributed by atoms with Gasteiger partial charge in [-0.3, -0.25) is 4.90 Å². The Morgan fingerprint density at radius 3 is 2.50 bits per heavy atom. The van der Waals surface area contributed by atoms with Gasteiger partial charge in [-0.05, 0) is 61.3 Å². The van der Waals surface area contributed by atoms with Gasteiger partial charge in [0.05, 0.1) is 0 Å². The molecule has 1 aliphatic rings. The van der Waals surface area contributed by atoms with Crippen LogP contribution in [0.15, 0.2) is 48.5 Å². The minimum atomic E-state index is 0.776. The molecule has 0 unspecified atom stereocenters. The van der Waals surface area contributed by atoms with E-state index >= 15 is 0 Å². The van der Waals surface area contributed by atoms with E-state index in [1.807, 2.05) is 30.3 Å². The number of nitrogens with zero attached hydrogens (tertiary/aromatic N) is 1. The maximum Gasteiger partial charge on any atom is 0.119 e. The van der Waals surface area contributed by atoms with Crippen LogP contribution in [-0.2, 0) is 0 Å². The van der Waals surface area contributed by atoms with E-state index in [-0.39, 0.29) is 0 Å². The van der Waals surface area contributed by atoms with Crippen molar-refractivity contribution in [3.8, 4) is 16.9 Å². The van der Waals surface area contributed by atoms with Crippen LogP contribution >= 0.6 is 0 Å². The van der Waals surface area contributed by atoms with Crippen molar-refractivity contribution in [1.29, 1.82) is 0 Å². The predicted molar refractivity (Wildman–Crippen MR) is 81.9 cm³/mol. The summed E-state index contributed by atoms with van der Waals surface area (Å²) in [6, 6.07) is 19.4. The Morgan fingerprint density at radius 2 is 1.80 bits per heavy atom. The highest BCUT2D eigenvalue weighted by atomic mass is 16.5. The first-order chi connectivity index (χ1) is 9.92. The van der Waals surface area contributed by atoms with E-state index in [2.05, 4.69) is 29.2 Å². The molecule has 1 aliphatic heterocycles. The highest BCUT2D eigenvalue weighted by Gasteiger charge is 2.10. The fourth-order valence-electron chi connectivity index (χ4n) is 2.62. The van der Waals surface area contributed by atoms with Crippen LogP contribution in [0, 0.1) is 6.07 Å². The topological polar surface area (TPSA) is 12.5 Å². The Morgan fingerprint density at radius 1 is 1.00 bits per heavy atom. The molecule has 0 aromatic heterocycles. The van der Waals surface area contributed by atoms with Crippen molar-refractivity contribution >= 4 is 0 Å². The number of hydrogen-bond acceptors (Lipinski definition) is 2. The standard InChI is InChI=1S/C18H20NO/c1-2-6-16(7-3-1)17-8-10-18(11-9-17)20-15-14-19-12-4-5-13-19/h1-2,6-11H,4-5,12-15H2. The first-order valence-electron chi connectivity index (χ1n) is 7.33. The first kappa shape index (κ1) is 13.2. The van der Waals surface area contributed by atoms with Crippen molar-refractivity contribution in [3.63, 3.8) is 0 Å². The molecule has 103 valence electrons. The Balaban J connectivity index is 1.53. The lowest BCUT2D eigenvalue weighted by Crippen LogP contribution is -2.25. The van der Waals surface area contributed by atoms with Crippen LogP contribution in [0.25, 0.3) is 11.1 Å². The van der Waals surface area contributed by atoms with Gasteiger partial charge < -0.3 is 4.74 Å². The molecule has 0 spiro atoms. The van der Waals surface area contributed by atoms with Crippen LogP contribution in [0.5, 0.6) is 5.75 Å². The van der Waals surface area contributed by atoms with Crippen LogP contribution < -0.4 is 4.74 Å². The zero-order chi connectivity index (χ0) is 13.6. The number of benzene rings is 2. The Kier molecular flexibility index (Phi) is 4.34. The highest BCUT2D eigenvalue weighted by molar-refractivity contribution is 5.63. The van der Waals surface area contributed by atoms with Crippen molar-refractivity contribution < 1.29 is 4.74 Å². The summed E-state index contributed by atoms with van der Waals surface area (Å²) in [5.74, 6) is 0.952. The fraction of sp³-hybridized carbons (Fsp3) is 0.333. The largest absolute Gasteiger partial charge is 0.492 e. The van der Waals surface area contributed by atoms with E-state index in [4.69, 9.17) is 4.74 Å². The molecular weight excluding hydrogens is 246 g/mol. The Labute approximate surface area is 121 Å². The van der Waals surface area contributed by atoms with Gasteiger partial charge in [-0.15, -0.1) is 0 Å². The number of rotatable bonds is 5. The second-order valence-electron chi connectivity index (χ2n) is 5.21. The molecule has 2 aromatic carbocycles. The maximum absolute atomic E-state index is 5.81. The third-order valence-electron chi connectivity index (χ3n) is 3.77. The predicted octanol–water partition coefficient (Wildman–Crippen LogP) is 3.63. The molecule has 2 heteroatoms. The van der Waals surface area contributed by atoms with Crippen LogP contribution in [0.1, 0.15) is 12.8 Å². The molecule has 1 fully saturated rings. The monoisotopic (exact) mass is 266 g/mol. The van der Waals surface area contributed by atoms with E-state index < -0.39 is 0 Å². The van der Waals surface area contributed by atoms with Crippen LogP contribution in [0.3, 0.4) is 0 Å². The van der Waals surface area contributed by atoms with Gasteiger partial charge in [-0.25, -0.2) is 0 Å². The highest BCUT2D eigenvalue weighted by Crippen LogP contribution is 2.21. The minimum Gasteiger partial charge on any atom is -0.492 e. The van der Waals surface area contributed by atoms with Crippen LogP contribution in [0.2, 0.25) is 0 Å². The summed E-state index contributed by atoms with van der Waals surface area (Å²) in [5, 5.41) is 0. The van der Waals surface area contributed by atoms with Gasteiger partial charge in [-0.1, -0.05) is 30.3 Å². The average molecular weight is 266 g/mol. The van der Waals surface area contributed by atoms with Crippen molar-refractivity contribution in [2.75, 3.05) is 26.2 Å². The van der Waals surface area contributed by atoms with E-state index in [0.717, 1.165) is 18.9 Å². The van der Waals surface area contributed by atoms with Gasteiger partial charge in [0, 0.05) is 6.54 Å². The molecule has 0 N–H and O–H groups in total. The van der Waals surface area contributed by atoms with E-state index in [9.17, 15) is 0 Å². The summed E-state index contributed by atoms with van der Waals surface area (Å²) >= 11 is 0. The first-order valence-corrected chi connectivity index (χ1v) is 7.33. The fourth-order valence-corrected chi connectivity index (χ4v) is 2.62.